The summed E-state index contributed by atoms with van der Waals surface area (Å²) in [5.74, 6) is -0.509. The van der Waals surface area contributed by atoms with E-state index in [4.69, 9.17) is 4.74 Å². The van der Waals surface area contributed by atoms with Gasteiger partial charge in [0.1, 0.15) is 6.10 Å². The number of nitrogens with one attached hydrogen (secondary N) is 1. The number of rotatable bonds is 3. The number of anilines is 1. The number of hydrogen-bond donors (Lipinski definition) is 1. The topological polar surface area (TPSA) is 67.4 Å². The molecule has 0 spiro atoms. The fourth-order valence-electron chi connectivity index (χ4n) is 2.75. The van der Waals surface area contributed by atoms with Crippen LogP contribution >= 0.6 is 0 Å². The molecule has 1 aromatic carbocycles. The molecule has 25 heavy (non-hydrogen) atoms. The molecular formula is C18H21FN4O2. The lowest BCUT2D eigenvalue weighted by molar-refractivity contribution is 0.0981. The molecule has 132 valence electrons. The van der Waals surface area contributed by atoms with Crippen molar-refractivity contribution in [3.05, 3.63) is 47.5 Å². The average Bonchev–Trinajstić information content (AvgIpc) is 2.60. The molecule has 1 aliphatic heterocycles. The Bertz CT molecular complexity index is 751. The van der Waals surface area contributed by atoms with E-state index in [9.17, 15) is 9.18 Å². The number of nitrogens with zero attached hydrogens (tertiary/aromatic N) is 3. The normalized spacial score (nSPS) is 17.2. The second kappa shape index (κ2) is 7.46. The number of carbonyl (C=O) groups is 1. The van der Waals surface area contributed by atoms with Gasteiger partial charge < -0.3 is 15.0 Å². The minimum absolute atomic E-state index is 0.128. The lowest BCUT2D eigenvalue weighted by atomic mass is 10.1. The van der Waals surface area contributed by atoms with Crippen molar-refractivity contribution < 1.29 is 13.9 Å². The van der Waals surface area contributed by atoms with Crippen molar-refractivity contribution in [2.45, 2.75) is 32.8 Å². The summed E-state index contributed by atoms with van der Waals surface area (Å²) in [7, 11) is 0. The summed E-state index contributed by atoms with van der Waals surface area (Å²) < 4.78 is 18.5. The SMILES string of the molecule is Cc1ccc(NC(=O)N2CCCC(Oc3ncc(F)cn3)C2)cc1C. The lowest BCUT2D eigenvalue weighted by Gasteiger charge is -2.32. The van der Waals surface area contributed by atoms with Crippen LogP contribution in [0.5, 0.6) is 6.01 Å². The molecule has 1 atom stereocenters. The minimum atomic E-state index is -0.509. The molecule has 0 saturated carbocycles. The van der Waals surface area contributed by atoms with Crippen LogP contribution in [0.3, 0.4) is 0 Å². The molecule has 0 radical (unpaired) electrons. The number of amides is 2. The molecule has 2 aromatic rings. The second-order valence-electron chi connectivity index (χ2n) is 6.24. The maximum absolute atomic E-state index is 12.9. The van der Waals surface area contributed by atoms with E-state index < -0.39 is 5.82 Å². The number of aromatic nitrogens is 2. The first-order valence-corrected chi connectivity index (χ1v) is 8.28. The first kappa shape index (κ1) is 17.1. The van der Waals surface area contributed by atoms with E-state index in [2.05, 4.69) is 15.3 Å². The number of aryl methyl sites for hydroxylation is 2. The van der Waals surface area contributed by atoms with Gasteiger partial charge in [0.15, 0.2) is 5.82 Å². The maximum Gasteiger partial charge on any atom is 0.321 e. The molecule has 1 aliphatic rings. The van der Waals surface area contributed by atoms with Gasteiger partial charge in [-0.15, -0.1) is 0 Å². The summed E-state index contributed by atoms with van der Waals surface area (Å²) in [5.41, 5.74) is 3.09. The molecule has 2 amide bonds. The molecule has 2 heterocycles. The van der Waals surface area contributed by atoms with Gasteiger partial charge in [-0.2, -0.15) is 0 Å². The predicted molar refractivity (Wildman–Crippen MR) is 92.1 cm³/mol. The van der Waals surface area contributed by atoms with Crippen LogP contribution in [-0.4, -0.2) is 40.1 Å². The molecule has 7 heteroatoms. The molecule has 0 bridgehead atoms. The molecule has 6 nitrogen and oxygen atoms in total. The number of urea groups is 1. The molecule has 1 aromatic heterocycles. The number of ether oxygens (including phenoxy) is 1. The first-order valence-electron chi connectivity index (χ1n) is 8.28. The van der Waals surface area contributed by atoms with Crippen LogP contribution in [0.2, 0.25) is 0 Å². The predicted octanol–water partition coefficient (Wildman–Crippen LogP) is 3.31. The van der Waals surface area contributed by atoms with E-state index in [1.54, 1.807) is 4.90 Å². The zero-order chi connectivity index (χ0) is 17.8. The molecular weight excluding hydrogens is 323 g/mol. The number of carbonyl (C=O) groups excluding carboxylic acids is 1. The summed E-state index contributed by atoms with van der Waals surface area (Å²) in [5, 5.41) is 2.92. The number of piperidine rings is 1. The Kier molecular flexibility index (Phi) is 5.11. The van der Waals surface area contributed by atoms with E-state index in [0.717, 1.165) is 36.5 Å². The van der Waals surface area contributed by atoms with Crippen molar-refractivity contribution in [1.82, 2.24) is 14.9 Å². The zero-order valence-electron chi connectivity index (χ0n) is 14.3. The number of likely N-dealkylation sites (tertiary alicyclic amines) is 1. The van der Waals surface area contributed by atoms with Crippen LogP contribution in [-0.2, 0) is 0 Å². The zero-order valence-corrected chi connectivity index (χ0v) is 14.3. The monoisotopic (exact) mass is 344 g/mol. The number of hydrogen-bond acceptors (Lipinski definition) is 4. The Balaban J connectivity index is 1.59. The van der Waals surface area contributed by atoms with Crippen molar-refractivity contribution in [2.75, 3.05) is 18.4 Å². The van der Waals surface area contributed by atoms with Gasteiger partial charge in [0.2, 0.25) is 0 Å². The third kappa shape index (κ3) is 4.43. The van der Waals surface area contributed by atoms with E-state index in [0.29, 0.717) is 13.1 Å². The molecule has 1 N–H and O–H groups in total. The first-order chi connectivity index (χ1) is 12.0. The largest absolute Gasteiger partial charge is 0.458 e. The Labute approximate surface area is 146 Å². The highest BCUT2D eigenvalue weighted by Gasteiger charge is 2.25. The Morgan fingerprint density at radius 3 is 2.76 bits per heavy atom. The van der Waals surface area contributed by atoms with Crippen molar-refractivity contribution in [3.63, 3.8) is 0 Å². The summed E-state index contributed by atoms with van der Waals surface area (Å²) >= 11 is 0. The standard InChI is InChI=1S/C18H21FN4O2/c1-12-5-6-15(8-13(12)2)22-18(24)23-7-3-4-16(11-23)25-17-20-9-14(19)10-21-17/h5-6,8-10,16H,3-4,7,11H2,1-2H3,(H,22,24). The number of benzene rings is 1. The van der Waals surface area contributed by atoms with Gasteiger partial charge in [0.25, 0.3) is 0 Å². The molecule has 0 aliphatic carbocycles. The Morgan fingerprint density at radius 2 is 2.04 bits per heavy atom. The number of halogens is 1. The van der Waals surface area contributed by atoms with Crippen molar-refractivity contribution in [3.8, 4) is 6.01 Å². The third-order valence-electron chi connectivity index (χ3n) is 4.29. The fourth-order valence-corrected chi connectivity index (χ4v) is 2.75. The van der Waals surface area contributed by atoms with Crippen LogP contribution in [0.25, 0.3) is 0 Å². The average molecular weight is 344 g/mol. The van der Waals surface area contributed by atoms with Gasteiger partial charge in [-0.05, 0) is 49.9 Å². The van der Waals surface area contributed by atoms with Gasteiger partial charge in [-0.3, -0.25) is 0 Å². The van der Waals surface area contributed by atoms with E-state index in [1.807, 2.05) is 32.0 Å². The van der Waals surface area contributed by atoms with Crippen molar-refractivity contribution in [2.24, 2.45) is 0 Å². The quantitative estimate of drug-likeness (QED) is 0.928. The highest BCUT2D eigenvalue weighted by Crippen LogP contribution is 2.18. The van der Waals surface area contributed by atoms with Gasteiger partial charge >= 0.3 is 12.0 Å². The summed E-state index contributed by atoms with van der Waals surface area (Å²) in [6.07, 6.45) is 3.55. The van der Waals surface area contributed by atoms with Gasteiger partial charge in [-0.1, -0.05) is 6.07 Å². The van der Waals surface area contributed by atoms with Gasteiger partial charge in [0.05, 0.1) is 18.9 Å². The fraction of sp³-hybridized carbons (Fsp3) is 0.389. The Morgan fingerprint density at radius 1 is 1.28 bits per heavy atom. The molecule has 1 saturated heterocycles. The highest BCUT2D eigenvalue weighted by molar-refractivity contribution is 5.89. The van der Waals surface area contributed by atoms with Crippen molar-refractivity contribution >= 4 is 11.7 Å². The molecule has 1 fully saturated rings. The van der Waals surface area contributed by atoms with Crippen LogP contribution in [0.15, 0.2) is 30.6 Å². The lowest BCUT2D eigenvalue weighted by Crippen LogP contribution is -2.46. The smallest absolute Gasteiger partial charge is 0.321 e. The Hall–Kier alpha value is -2.70. The van der Waals surface area contributed by atoms with Gasteiger partial charge in [-0.25, -0.2) is 19.2 Å². The summed E-state index contributed by atoms with van der Waals surface area (Å²) in [6, 6.07) is 5.81. The van der Waals surface area contributed by atoms with Crippen LogP contribution < -0.4 is 10.1 Å². The van der Waals surface area contributed by atoms with E-state index in [1.165, 1.54) is 5.56 Å². The second-order valence-corrected chi connectivity index (χ2v) is 6.24. The van der Waals surface area contributed by atoms with E-state index in [-0.39, 0.29) is 18.1 Å². The summed E-state index contributed by atoms with van der Waals surface area (Å²) in [6.45, 7) is 5.15. The van der Waals surface area contributed by atoms with Crippen LogP contribution in [0, 0.1) is 19.7 Å². The van der Waals surface area contributed by atoms with Crippen LogP contribution in [0.1, 0.15) is 24.0 Å². The van der Waals surface area contributed by atoms with Crippen LogP contribution in [0.4, 0.5) is 14.9 Å². The van der Waals surface area contributed by atoms with E-state index >= 15 is 0 Å². The third-order valence-corrected chi connectivity index (χ3v) is 4.29. The molecule has 3 rings (SSSR count). The summed E-state index contributed by atoms with van der Waals surface area (Å²) in [4.78, 5) is 21.8. The minimum Gasteiger partial charge on any atom is -0.458 e. The van der Waals surface area contributed by atoms with Crippen molar-refractivity contribution in [1.29, 1.82) is 0 Å². The molecule has 1 unspecified atom stereocenters. The van der Waals surface area contributed by atoms with Gasteiger partial charge in [0, 0.05) is 12.2 Å². The maximum atomic E-state index is 12.9. The highest BCUT2D eigenvalue weighted by atomic mass is 19.1.